The lowest BCUT2D eigenvalue weighted by molar-refractivity contribution is 0.589. The molecule has 3 aromatic rings. The van der Waals surface area contributed by atoms with Crippen LogP contribution in [0.5, 0.6) is 0 Å². The molecule has 4 rings (SSSR count). The fourth-order valence-corrected chi connectivity index (χ4v) is 4.36. The SMILES string of the molecule is Cc1nnc(-c2cnc(-c3cccc(C4=CC(C)N=C4)c3)nc2NCCNS(C)(=O)=O)s1. The molecule has 0 saturated heterocycles. The van der Waals surface area contributed by atoms with Crippen LogP contribution in [0.15, 0.2) is 41.5 Å². The maximum Gasteiger partial charge on any atom is 0.208 e. The number of aromatic nitrogens is 4. The summed E-state index contributed by atoms with van der Waals surface area (Å²) in [6.45, 7) is 4.51. The quantitative estimate of drug-likeness (QED) is 0.486. The lowest BCUT2D eigenvalue weighted by Crippen LogP contribution is -2.28. The minimum absolute atomic E-state index is 0.177. The Balaban J connectivity index is 1.65. The predicted octanol–water partition coefficient (Wildman–Crippen LogP) is 2.79. The first kappa shape index (κ1) is 22.2. The van der Waals surface area contributed by atoms with Crippen molar-refractivity contribution >= 4 is 39.0 Å². The molecule has 11 heteroatoms. The molecule has 3 heterocycles. The summed E-state index contributed by atoms with van der Waals surface area (Å²) in [6, 6.07) is 8.18. The smallest absolute Gasteiger partial charge is 0.208 e. The van der Waals surface area contributed by atoms with E-state index in [0.717, 1.165) is 28.0 Å². The van der Waals surface area contributed by atoms with Crippen LogP contribution in [0.4, 0.5) is 5.82 Å². The summed E-state index contributed by atoms with van der Waals surface area (Å²) < 4.78 is 25.1. The van der Waals surface area contributed by atoms with E-state index >= 15 is 0 Å². The molecule has 0 radical (unpaired) electrons. The van der Waals surface area contributed by atoms with E-state index in [2.05, 4.69) is 36.3 Å². The van der Waals surface area contributed by atoms with Crippen LogP contribution in [0.2, 0.25) is 0 Å². The molecule has 1 atom stereocenters. The van der Waals surface area contributed by atoms with Crippen molar-refractivity contribution in [3.05, 3.63) is 47.1 Å². The normalized spacial score (nSPS) is 15.7. The highest BCUT2D eigenvalue weighted by Gasteiger charge is 2.15. The van der Waals surface area contributed by atoms with E-state index < -0.39 is 10.0 Å². The fraction of sp³-hybridized carbons (Fsp3) is 0.286. The average Bonchev–Trinajstić information content (AvgIpc) is 3.39. The van der Waals surface area contributed by atoms with Crippen LogP contribution in [-0.2, 0) is 10.0 Å². The zero-order valence-electron chi connectivity index (χ0n) is 17.9. The monoisotopic (exact) mass is 469 g/mol. The molecule has 2 N–H and O–H groups in total. The van der Waals surface area contributed by atoms with Gasteiger partial charge in [-0.05, 0) is 31.1 Å². The number of anilines is 1. The van der Waals surface area contributed by atoms with Gasteiger partial charge in [0.2, 0.25) is 10.0 Å². The molecule has 1 unspecified atom stereocenters. The number of aliphatic imine (C=N–C) groups is 1. The van der Waals surface area contributed by atoms with Crippen molar-refractivity contribution in [2.45, 2.75) is 19.9 Å². The van der Waals surface area contributed by atoms with Crippen LogP contribution in [0.1, 0.15) is 17.5 Å². The second kappa shape index (κ2) is 9.23. The van der Waals surface area contributed by atoms with Gasteiger partial charge in [-0.15, -0.1) is 10.2 Å². The molecular formula is C21H23N7O2S2. The van der Waals surface area contributed by atoms with Gasteiger partial charge >= 0.3 is 0 Å². The molecule has 0 saturated carbocycles. The van der Waals surface area contributed by atoms with Crippen molar-refractivity contribution in [1.29, 1.82) is 0 Å². The van der Waals surface area contributed by atoms with Gasteiger partial charge in [0.25, 0.3) is 0 Å². The van der Waals surface area contributed by atoms with Crippen LogP contribution in [0.3, 0.4) is 0 Å². The predicted molar refractivity (Wildman–Crippen MR) is 128 cm³/mol. The first-order chi connectivity index (χ1) is 15.3. The molecule has 0 bridgehead atoms. The largest absolute Gasteiger partial charge is 0.368 e. The Bertz CT molecular complexity index is 1300. The van der Waals surface area contributed by atoms with E-state index in [0.29, 0.717) is 28.8 Å². The van der Waals surface area contributed by atoms with Gasteiger partial charge in [-0.1, -0.05) is 35.6 Å². The second-order valence-corrected chi connectivity index (χ2v) is 10.4. The number of nitrogens with one attached hydrogen (secondary N) is 2. The number of hydrogen-bond donors (Lipinski definition) is 2. The van der Waals surface area contributed by atoms with Crippen LogP contribution in [0.25, 0.3) is 27.5 Å². The lowest BCUT2D eigenvalue weighted by Gasteiger charge is -2.11. The van der Waals surface area contributed by atoms with E-state index in [4.69, 9.17) is 4.98 Å². The van der Waals surface area contributed by atoms with Gasteiger partial charge in [0.15, 0.2) is 10.8 Å². The maximum absolute atomic E-state index is 11.3. The maximum atomic E-state index is 11.3. The Labute approximate surface area is 190 Å². The Morgan fingerprint density at radius 2 is 1.97 bits per heavy atom. The third-order valence-electron chi connectivity index (χ3n) is 4.65. The number of aryl methyl sites for hydroxylation is 1. The molecule has 166 valence electrons. The molecule has 1 aliphatic rings. The van der Waals surface area contributed by atoms with Gasteiger partial charge in [0.05, 0.1) is 17.9 Å². The Morgan fingerprint density at radius 3 is 2.66 bits per heavy atom. The molecule has 1 aromatic carbocycles. The topological polar surface area (TPSA) is 122 Å². The van der Waals surface area contributed by atoms with Crippen LogP contribution in [0, 0.1) is 6.92 Å². The van der Waals surface area contributed by atoms with Crippen molar-refractivity contribution in [2.75, 3.05) is 24.7 Å². The Kier molecular flexibility index (Phi) is 6.40. The zero-order valence-corrected chi connectivity index (χ0v) is 19.5. The van der Waals surface area contributed by atoms with E-state index in [1.165, 1.54) is 11.3 Å². The molecule has 2 aromatic heterocycles. The third-order valence-corrected chi connectivity index (χ3v) is 6.25. The summed E-state index contributed by atoms with van der Waals surface area (Å²) >= 11 is 1.44. The molecule has 0 fully saturated rings. The van der Waals surface area contributed by atoms with Crippen LogP contribution in [-0.4, -0.2) is 60.2 Å². The molecule has 0 spiro atoms. The second-order valence-electron chi connectivity index (χ2n) is 7.40. The van der Waals surface area contributed by atoms with Crippen molar-refractivity contribution in [3.63, 3.8) is 0 Å². The standard InChI is InChI=1S/C21H23N7O2S2/c1-13-9-17(11-23-13)15-5-4-6-16(10-15)19-24-12-18(21-28-27-14(2)31-21)20(26-19)22-7-8-25-32(3,29)30/h4-6,9-13,25H,7-8H2,1-3H3,(H,22,24,26). The first-order valence-electron chi connectivity index (χ1n) is 10.0. The number of hydrogen-bond acceptors (Lipinski definition) is 9. The van der Waals surface area contributed by atoms with Gasteiger partial charge in [0, 0.05) is 31.1 Å². The molecule has 0 amide bonds. The summed E-state index contributed by atoms with van der Waals surface area (Å²) in [5.41, 5.74) is 3.71. The fourth-order valence-electron chi connectivity index (χ4n) is 3.19. The van der Waals surface area contributed by atoms with Crippen molar-refractivity contribution in [1.82, 2.24) is 24.9 Å². The average molecular weight is 470 g/mol. The van der Waals surface area contributed by atoms with Gasteiger partial charge < -0.3 is 5.32 Å². The highest BCUT2D eigenvalue weighted by Crippen LogP contribution is 2.31. The molecule has 9 nitrogen and oxygen atoms in total. The van der Waals surface area contributed by atoms with Crippen molar-refractivity contribution in [2.24, 2.45) is 4.99 Å². The highest BCUT2D eigenvalue weighted by molar-refractivity contribution is 7.88. The van der Waals surface area contributed by atoms with E-state index in [-0.39, 0.29) is 12.6 Å². The van der Waals surface area contributed by atoms with Crippen LogP contribution >= 0.6 is 11.3 Å². The van der Waals surface area contributed by atoms with Gasteiger partial charge in [-0.2, -0.15) is 0 Å². The third kappa shape index (κ3) is 5.42. The molecule has 32 heavy (non-hydrogen) atoms. The summed E-state index contributed by atoms with van der Waals surface area (Å²) in [7, 11) is -3.26. The number of nitrogens with zero attached hydrogens (tertiary/aromatic N) is 5. The van der Waals surface area contributed by atoms with Gasteiger partial charge in [-0.3, -0.25) is 4.99 Å². The van der Waals surface area contributed by atoms with E-state index in [1.807, 2.05) is 44.3 Å². The molecule has 1 aliphatic heterocycles. The lowest BCUT2D eigenvalue weighted by atomic mass is 10.0. The number of rotatable bonds is 8. The van der Waals surface area contributed by atoms with Gasteiger partial charge in [0.1, 0.15) is 10.8 Å². The first-order valence-corrected chi connectivity index (χ1v) is 12.7. The number of benzene rings is 1. The highest BCUT2D eigenvalue weighted by atomic mass is 32.2. The summed E-state index contributed by atoms with van der Waals surface area (Å²) in [6.07, 6.45) is 6.85. The molecular weight excluding hydrogens is 446 g/mol. The summed E-state index contributed by atoms with van der Waals surface area (Å²) in [4.78, 5) is 13.7. The van der Waals surface area contributed by atoms with E-state index in [1.54, 1.807) is 6.20 Å². The Hall–Kier alpha value is -3.02. The number of sulfonamides is 1. The minimum Gasteiger partial charge on any atom is -0.368 e. The van der Waals surface area contributed by atoms with Crippen molar-refractivity contribution < 1.29 is 8.42 Å². The van der Waals surface area contributed by atoms with Crippen molar-refractivity contribution in [3.8, 4) is 22.0 Å². The summed E-state index contributed by atoms with van der Waals surface area (Å²) in [5, 5.41) is 13.0. The Morgan fingerprint density at radius 1 is 1.16 bits per heavy atom. The minimum atomic E-state index is -3.26. The van der Waals surface area contributed by atoms with Crippen LogP contribution < -0.4 is 10.0 Å². The zero-order chi connectivity index (χ0) is 22.7. The van der Waals surface area contributed by atoms with Gasteiger partial charge in [-0.25, -0.2) is 23.1 Å². The van der Waals surface area contributed by atoms with E-state index in [9.17, 15) is 8.42 Å². The number of allylic oxidation sites excluding steroid dienone is 1. The molecule has 0 aliphatic carbocycles. The summed E-state index contributed by atoms with van der Waals surface area (Å²) in [5.74, 6) is 1.13.